The normalized spacial score (nSPS) is 20.4. The van der Waals surface area contributed by atoms with Crippen LogP contribution in [0.3, 0.4) is 0 Å². The summed E-state index contributed by atoms with van der Waals surface area (Å²) >= 11 is 0. The highest BCUT2D eigenvalue weighted by Gasteiger charge is 2.38. The summed E-state index contributed by atoms with van der Waals surface area (Å²) < 4.78 is 28.3. The second-order valence-corrected chi connectivity index (χ2v) is 8.22. The first kappa shape index (κ1) is 21.7. The van der Waals surface area contributed by atoms with Gasteiger partial charge in [0.25, 0.3) is 0 Å². The molecule has 5 rings (SSSR count). The Morgan fingerprint density at radius 2 is 1.68 bits per heavy atom. The summed E-state index contributed by atoms with van der Waals surface area (Å²) in [6.45, 7) is 2.85. The maximum atomic E-state index is 13.4. The van der Waals surface area contributed by atoms with Gasteiger partial charge in [-0.25, -0.2) is 13.5 Å². The summed E-state index contributed by atoms with van der Waals surface area (Å²) in [7, 11) is 0. The molecule has 2 aromatic carbocycles. The molecule has 0 radical (unpaired) electrons. The van der Waals surface area contributed by atoms with E-state index in [9.17, 15) is 8.78 Å². The van der Waals surface area contributed by atoms with Gasteiger partial charge >= 0.3 is 0 Å². The molecule has 1 aliphatic carbocycles. The van der Waals surface area contributed by atoms with Crippen LogP contribution >= 0.6 is 12.4 Å². The number of hydrogen-bond donors (Lipinski definition) is 1. The average molecular weight is 446 g/mol. The molecule has 8 heteroatoms. The zero-order valence-electron chi connectivity index (χ0n) is 17.2. The first-order valence-electron chi connectivity index (χ1n) is 10.6. The van der Waals surface area contributed by atoms with Gasteiger partial charge in [-0.15, -0.1) is 17.5 Å². The lowest BCUT2D eigenvalue weighted by Gasteiger charge is -2.28. The molecule has 164 valence electrons. The van der Waals surface area contributed by atoms with E-state index in [-0.39, 0.29) is 24.4 Å². The van der Waals surface area contributed by atoms with Gasteiger partial charge in [0.15, 0.2) is 11.6 Å². The maximum Gasteiger partial charge on any atom is 0.159 e. The van der Waals surface area contributed by atoms with Crippen molar-refractivity contribution in [3.8, 4) is 5.69 Å². The van der Waals surface area contributed by atoms with E-state index in [1.54, 1.807) is 10.7 Å². The number of nitrogens with zero attached hydrogens (tertiary/aromatic N) is 4. The van der Waals surface area contributed by atoms with Crippen LogP contribution in [0.2, 0.25) is 0 Å². The Balaban J connectivity index is 0.00000231. The molecular weight excluding hydrogens is 420 g/mol. The van der Waals surface area contributed by atoms with Gasteiger partial charge in [-0.3, -0.25) is 0 Å². The average Bonchev–Trinajstić information content (AvgIpc) is 3.41. The number of aromatic nitrogens is 3. The largest absolute Gasteiger partial charge is 0.372 e. The van der Waals surface area contributed by atoms with Gasteiger partial charge < -0.3 is 10.2 Å². The number of benzene rings is 2. The smallest absolute Gasteiger partial charge is 0.159 e. The zero-order chi connectivity index (χ0) is 20.5. The lowest BCUT2D eigenvalue weighted by Crippen LogP contribution is -2.29. The van der Waals surface area contributed by atoms with Crippen molar-refractivity contribution >= 4 is 18.1 Å². The third-order valence-electron chi connectivity index (χ3n) is 6.08. The number of anilines is 1. The Bertz CT molecular complexity index is 1020. The molecule has 0 spiro atoms. The number of piperidine rings is 1. The second kappa shape index (κ2) is 9.32. The SMILES string of the molecule is Cl.Fc1ccc([C@@H]2C[C@H]2NCc2cn(-c3ccc(N4CCCCC4)cc3)nn2)cc1F. The van der Waals surface area contributed by atoms with Crippen molar-refractivity contribution in [1.82, 2.24) is 20.3 Å². The Labute approximate surface area is 186 Å². The molecule has 1 N–H and O–H groups in total. The minimum atomic E-state index is -0.801. The fraction of sp³-hybridized carbons (Fsp3) is 0.391. The molecule has 1 aromatic heterocycles. The van der Waals surface area contributed by atoms with Crippen molar-refractivity contribution < 1.29 is 8.78 Å². The van der Waals surface area contributed by atoms with Crippen molar-refractivity contribution in [2.24, 2.45) is 0 Å². The van der Waals surface area contributed by atoms with Crippen LogP contribution in [-0.2, 0) is 6.54 Å². The van der Waals surface area contributed by atoms with Crippen LogP contribution in [0.5, 0.6) is 0 Å². The quantitative estimate of drug-likeness (QED) is 0.602. The monoisotopic (exact) mass is 445 g/mol. The first-order valence-corrected chi connectivity index (χ1v) is 10.6. The number of nitrogens with one attached hydrogen (secondary N) is 1. The van der Waals surface area contributed by atoms with E-state index in [1.807, 2.05) is 6.20 Å². The van der Waals surface area contributed by atoms with Crippen molar-refractivity contribution in [1.29, 1.82) is 0 Å². The van der Waals surface area contributed by atoms with Crippen molar-refractivity contribution in [3.05, 3.63) is 71.6 Å². The minimum absolute atomic E-state index is 0. The van der Waals surface area contributed by atoms with Gasteiger partial charge in [0.05, 0.1) is 17.6 Å². The van der Waals surface area contributed by atoms with E-state index in [0.29, 0.717) is 6.54 Å². The Morgan fingerprint density at radius 1 is 0.935 bits per heavy atom. The molecule has 5 nitrogen and oxygen atoms in total. The van der Waals surface area contributed by atoms with Gasteiger partial charge in [0, 0.05) is 37.3 Å². The highest BCUT2D eigenvalue weighted by molar-refractivity contribution is 5.85. The molecular formula is C23H26ClF2N5. The predicted molar refractivity (Wildman–Crippen MR) is 119 cm³/mol. The highest BCUT2D eigenvalue weighted by Crippen LogP contribution is 2.41. The predicted octanol–water partition coefficient (Wildman–Crippen LogP) is 4.60. The highest BCUT2D eigenvalue weighted by atomic mass is 35.5. The van der Waals surface area contributed by atoms with Crippen LogP contribution in [0.25, 0.3) is 5.69 Å². The van der Waals surface area contributed by atoms with E-state index in [0.717, 1.165) is 36.5 Å². The summed E-state index contributed by atoms with van der Waals surface area (Å²) in [6, 6.07) is 12.9. The van der Waals surface area contributed by atoms with Crippen LogP contribution < -0.4 is 10.2 Å². The van der Waals surface area contributed by atoms with Crippen molar-refractivity contribution in [2.45, 2.75) is 44.2 Å². The minimum Gasteiger partial charge on any atom is -0.372 e. The Morgan fingerprint density at radius 3 is 2.42 bits per heavy atom. The fourth-order valence-corrected chi connectivity index (χ4v) is 4.24. The zero-order valence-corrected chi connectivity index (χ0v) is 18.0. The van der Waals surface area contributed by atoms with E-state index < -0.39 is 11.6 Å². The number of hydrogen-bond acceptors (Lipinski definition) is 4. The summed E-state index contributed by atoms with van der Waals surface area (Å²) in [4.78, 5) is 2.43. The van der Waals surface area contributed by atoms with Gasteiger partial charge in [-0.05, 0) is 67.6 Å². The van der Waals surface area contributed by atoms with Crippen LogP contribution in [0.1, 0.15) is 42.9 Å². The van der Waals surface area contributed by atoms with E-state index in [2.05, 4.69) is 44.8 Å². The van der Waals surface area contributed by atoms with Crippen LogP contribution in [0, 0.1) is 11.6 Å². The summed E-state index contributed by atoms with van der Waals surface area (Å²) in [5.74, 6) is -1.37. The van der Waals surface area contributed by atoms with Crippen LogP contribution in [0.4, 0.5) is 14.5 Å². The summed E-state index contributed by atoms with van der Waals surface area (Å²) in [5.41, 5.74) is 3.94. The molecule has 0 amide bonds. The standard InChI is InChI=1S/C23H25F2N5.ClH/c24-21-9-4-16(12-22(21)25)20-13-23(20)26-14-17-15-30(28-27-17)19-7-5-18(6-8-19)29-10-2-1-3-11-29;/h4-9,12,15,20,23,26H,1-3,10-11,13-14H2;1H/t20-,23+;/m0./s1. The topological polar surface area (TPSA) is 46.0 Å². The third kappa shape index (κ3) is 4.88. The van der Waals surface area contributed by atoms with E-state index in [4.69, 9.17) is 0 Å². The molecule has 1 saturated carbocycles. The van der Waals surface area contributed by atoms with Crippen LogP contribution in [0.15, 0.2) is 48.7 Å². The van der Waals surface area contributed by atoms with E-state index in [1.165, 1.54) is 37.1 Å². The lowest BCUT2D eigenvalue weighted by atomic mass is 10.1. The first-order chi connectivity index (χ1) is 14.7. The molecule has 0 bridgehead atoms. The lowest BCUT2D eigenvalue weighted by molar-refractivity contribution is 0.506. The summed E-state index contributed by atoms with van der Waals surface area (Å²) in [6.07, 6.45) is 6.69. The molecule has 31 heavy (non-hydrogen) atoms. The Kier molecular flexibility index (Phi) is 6.53. The molecule has 2 atom stereocenters. The fourth-order valence-electron chi connectivity index (χ4n) is 4.24. The number of rotatable bonds is 6. The summed E-state index contributed by atoms with van der Waals surface area (Å²) in [5, 5.41) is 11.9. The maximum absolute atomic E-state index is 13.4. The molecule has 1 aliphatic heterocycles. The molecule has 2 fully saturated rings. The van der Waals surface area contributed by atoms with Gasteiger partial charge in [0.2, 0.25) is 0 Å². The molecule has 2 aliphatic rings. The van der Waals surface area contributed by atoms with Gasteiger partial charge in [-0.1, -0.05) is 11.3 Å². The second-order valence-electron chi connectivity index (χ2n) is 8.22. The van der Waals surface area contributed by atoms with Gasteiger partial charge in [-0.2, -0.15) is 0 Å². The number of halogens is 3. The molecule has 1 saturated heterocycles. The van der Waals surface area contributed by atoms with E-state index >= 15 is 0 Å². The molecule has 3 aromatic rings. The van der Waals surface area contributed by atoms with Crippen molar-refractivity contribution in [3.63, 3.8) is 0 Å². The molecule has 2 heterocycles. The third-order valence-corrected chi connectivity index (χ3v) is 6.08. The Hall–Kier alpha value is -2.51. The van der Waals surface area contributed by atoms with Crippen LogP contribution in [-0.4, -0.2) is 34.1 Å². The molecule has 0 unspecified atom stereocenters. The van der Waals surface area contributed by atoms with Gasteiger partial charge in [0.1, 0.15) is 0 Å². The van der Waals surface area contributed by atoms with Crippen molar-refractivity contribution in [2.75, 3.05) is 18.0 Å².